The highest BCUT2D eigenvalue weighted by atomic mass is 35.5. The van der Waals surface area contributed by atoms with Gasteiger partial charge in [0.1, 0.15) is 16.5 Å². The van der Waals surface area contributed by atoms with Gasteiger partial charge in [-0.05, 0) is 38.5 Å². The number of hydrogen-bond donors (Lipinski definition) is 1. The van der Waals surface area contributed by atoms with Crippen molar-refractivity contribution in [2.45, 2.75) is 32.9 Å². The molecule has 0 saturated heterocycles. The van der Waals surface area contributed by atoms with Crippen molar-refractivity contribution in [3.8, 4) is 0 Å². The van der Waals surface area contributed by atoms with Crippen molar-refractivity contribution in [1.29, 1.82) is 0 Å². The van der Waals surface area contributed by atoms with Gasteiger partial charge in [0.25, 0.3) is 0 Å². The molecule has 0 fully saturated rings. The average Bonchev–Trinajstić information content (AvgIpc) is 2.81. The van der Waals surface area contributed by atoms with E-state index in [9.17, 15) is 23.5 Å². The van der Waals surface area contributed by atoms with Gasteiger partial charge in [0.15, 0.2) is 9.62 Å². The Balaban J connectivity index is 2.41. The van der Waals surface area contributed by atoms with Crippen molar-refractivity contribution >= 4 is 46.4 Å². The van der Waals surface area contributed by atoms with Crippen molar-refractivity contribution in [1.82, 2.24) is 9.88 Å². The molecule has 1 amide bonds. The van der Waals surface area contributed by atoms with Gasteiger partial charge in [0, 0.05) is 12.1 Å². The lowest BCUT2D eigenvalue weighted by atomic mass is 10.0. The van der Waals surface area contributed by atoms with Crippen molar-refractivity contribution in [3.63, 3.8) is 0 Å². The zero-order chi connectivity index (χ0) is 19.8. The van der Waals surface area contributed by atoms with E-state index >= 15 is 0 Å². The summed E-state index contributed by atoms with van der Waals surface area (Å²) in [7, 11) is 0. The first kappa shape index (κ1) is 20.5. The van der Waals surface area contributed by atoms with Crippen LogP contribution in [-0.4, -0.2) is 32.4 Å². The number of aromatic nitrogens is 1. The number of carboxylic acid groups (broad SMARTS) is 1. The van der Waals surface area contributed by atoms with Crippen LogP contribution < -0.4 is 0 Å². The molecule has 0 aliphatic carbocycles. The Kier molecular flexibility index (Phi) is 5.89. The Morgan fingerprint density at radius 2 is 1.77 bits per heavy atom. The fourth-order valence-corrected chi connectivity index (χ4v) is 3.56. The third-order valence-electron chi connectivity index (χ3n) is 3.48. The largest absolute Gasteiger partial charge is 0.465 e. The highest BCUT2D eigenvalue weighted by molar-refractivity contribution is 7.18. The first-order chi connectivity index (χ1) is 11.9. The van der Waals surface area contributed by atoms with Gasteiger partial charge >= 0.3 is 6.09 Å². The summed E-state index contributed by atoms with van der Waals surface area (Å²) >= 11 is 12.1. The van der Waals surface area contributed by atoms with Gasteiger partial charge in [0.05, 0.1) is 5.56 Å². The van der Waals surface area contributed by atoms with Crippen LogP contribution >= 0.6 is 34.5 Å². The SMILES string of the molecule is CC(C)(C)N(Cc1cc(F)c(C(=O)c2sc(Cl)nc2Cl)c(F)c1)C(=O)O. The quantitative estimate of drug-likeness (QED) is 0.683. The molecule has 1 aromatic carbocycles. The lowest BCUT2D eigenvalue weighted by Gasteiger charge is -2.33. The number of amides is 1. The minimum absolute atomic E-state index is 0.0296. The first-order valence-electron chi connectivity index (χ1n) is 7.26. The Morgan fingerprint density at radius 1 is 1.23 bits per heavy atom. The van der Waals surface area contributed by atoms with Crippen LogP contribution in [0.4, 0.5) is 13.6 Å². The Morgan fingerprint density at radius 3 is 2.15 bits per heavy atom. The van der Waals surface area contributed by atoms with Gasteiger partial charge in [-0.25, -0.2) is 18.6 Å². The Labute approximate surface area is 162 Å². The average molecular weight is 423 g/mol. The second kappa shape index (κ2) is 7.46. The molecule has 0 radical (unpaired) electrons. The summed E-state index contributed by atoms with van der Waals surface area (Å²) in [6.45, 7) is 4.72. The van der Waals surface area contributed by atoms with E-state index in [2.05, 4.69) is 4.98 Å². The zero-order valence-electron chi connectivity index (χ0n) is 13.9. The van der Waals surface area contributed by atoms with Crippen molar-refractivity contribution < 1.29 is 23.5 Å². The molecule has 2 rings (SSSR count). The summed E-state index contributed by atoms with van der Waals surface area (Å²) in [5, 5.41) is 9.05. The molecule has 0 aliphatic heterocycles. The molecule has 26 heavy (non-hydrogen) atoms. The summed E-state index contributed by atoms with van der Waals surface area (Å²) in [5.74, 6) is -3.22. The monoisotopic (exact) mass is 422 g/mol. The minimum atomic E-state index is -1.23. The molecular weight excluding hydrogens is 409 g/mol. The maximum atomic E-state index is 14.4. The van der Waals surface area contributed by atoms with Gasteiger partial charge < -0.3 is 5.11 Å². The van der Waals surface area contributed by atoms with Gasteiger partial charge in [-0.15, -0.1) is 0 Å². The number of rotatable bonds is 4. The van der Waals surface area contributed by atoms with Gasteiger partial charge in [-0.3, -0.25) is 9.69 Å². The molecular formula is C16H14Cl2F2N2O3S. The Bertz CT molecular complexity index is 858. The molecule has 0 aliphatic rings. The van der Waals surface area contributed by atoms with E-state index in [1.165, 1.54) is 0 Å². The predicted octanol–water partition coefficient (Wildman–Crippen LogP) is 5.24. The highest BCUT2D eigenvalue weighted by Crippen LogP contribution is 2.31. The van der Waals surface area contributed by atoms with Crippen LogP contribution in [0.3, 0.4) is 0 Å². The van der Waals surface area contributed by atoms with Crippen LogP contribution in [0.5, 0.6) is 0 Å². The predicted molar refractivity (Wildman–Crippen MR) is 95.2 cm³/mol. The van der Waals surface area contributed by atoms with Crippen molar-refractivity contribution in [2.24, 2.45) is 0 Å². The fourth-order valence-electron chi connectivity index (χ4n) is 2.24. The molecule has 5 nitrogen and oxygen atoms in total. The van der Waals surface area contributed by atoms with Crippen molar-refractivity contribution in [3.05, 3.63) is 49.4 Å². The number of carbonyl (C=O) groups is 2. The molecule has 2 aromatic rings. The third-order valence-corrected chi connectivity index (χ3v) is 5.02. The standard InChI is InChI=1S/C16H14Cl2F2N2O3S/c1-16(2,3)22(15(24)25)6-7-4-8(19)10(9(20)5-7)11(23)12-13(17)21-14(18)26-12/h4-5H,6H2,1-3H3,(H,24,25). The molecule has 1 N–H and O–H groups in total. The number of benzene rings is 1. The number of carbonyl (C=O) groups excluding carboxylic acids is 1. The smallest absolute Gasteiger partial charge is 0.408 e. The second-order valence-electron chi connectivity index (χ2n) is 6.39. The van der Waals surface area contributed by atoms with Crippen LogP contribution in [0.1, 0.15) is 41.6 Å². The maximum absolute atomic E-state index is 14.4. The summed E-state index contributed by atoms with van der Waals surface area (Å²) in [4.78, 5) is 28.2. The lowest BCUT2D eigenvalue weighted by molar-refractivity contribution is 0.0950. The number of hydrogen-bond acceptors (Lipinski definition) is 4. The lowest BCUT2D eigenvalue weighted by Crippen LogP contribution is -2.44. The maximum Gasteiger partial charge on any atom is 0.408 e. The third kappa shape index (κ3) is 4.31. The highest BCUT2D eigenvalue weighted by Gasteiger charge is 2.28. The number of ketones is 1. The minimum Gasteiger partial charge on any atom is -0.465 e. The van der Waals surface area contributed by atoms with Gasteiger partial charge in [0.2, 0.25) is 5.78 Å². The van der Waals surface area contributed by atoms with E-state index in [1.54, 1.807) is 20.8 Å². The van der Waals surface area contributed by atoms with Gasteiger partial charge in [-0.1, -0.05) is 34.5 Å². The van der Waals surface area contributed by atoms with Crippen LogP contribution in [0.2, 0.25) is 9.62 Å². The summed E-state index contributed by atoms with van der Waals surface area (Å²) in [6, 6.07) is 1.85. The molecule has 0 unspecified atom stereocenters. The topological polar surface area (TPSA) is 70.5 Å². The number of halogens is 4. The van der Waals surface area contributed by atoms with E-state index in [-0.39, 0.29) is 26.6 Å². The molecule has 1 aromatic heterocycles. The Hall–Kier alpha value is -1.77. The van der Waals surface area contributed by atoms with Gasteiger partial charge in [-0.2, -0.15) is 0 Å². The molecule has 0 saturated carbocycles. The van der Waals surface area contributed by atoms with E-state index < -0.39 is 34.6 Å². The molecule has 1 heterocycles. The fraction of sp³-hybridized carbons (Fsp3) is 0.312. The number of thiazole rings is 1. The molecule has 0 bridgehead atoms. The van der Waals surface area contributed by atoms with Crippen LogP contribution in [0.15, 0.2) is 12.1 Å². The van der Waals surface area contributed by atoms with E-state index in [1.807, 2.05) is 0 Å². The van der Waals surface area contributed by atoms with E-state index in [4.69, 9.17) is 23.2 Å². The normalized spacial score (nSPS) is 11.5. The first-order valence-corrected chi connectivity index (χ1v) is 8.84. The summed E-state index contributed by atoms with van der Waals surface area (Å²) in [5.41, 5.74) is -1.50. The molecule has 10 heteroatoms. The van der Waals surface area contributed by atoms with Crippen LogP contribution in [-0.2, 0) is 6.54 Å². The zero-order valence-corrected chi connectivity index (χ0v) is 16.3. The molecule has 0 atom stereocenters. The van der Waals surface area contributed by atoms with Crippen LogP contribution in [0, 0.1) is 11.6 Å². The van der Waals surface area contributed by atoms with Crippen LogP contribution in [0.25, 0.3) is 0 Å². The van der Waals surface area contributed by atoms with E-state index in [0.717, 1.165) is 17.0 Å². The summed E-state index contributed by atoms with van der Waals surface area (Å²) < 4.78 is 28.8. The van der Waals surface area contributed by atoms with E-state index in [0.29, 0.717) is 11.3 Å². The molecule has 0 spiro atoms. The second-order valence-corrected chi connectivity index (χ2v) is 8.33. The number of nitrogens with zero attached hydrogens (tertiary/aromatic N) is 2. The summed E-state index contributed by atoms with van der Waals surface area (Å²) in [6.07, 6.45) is -1.23. The molecule has 140 valence electrons. The van der Waals surface area contributed by atoms with Crippen molar-refractivity contribution in [2.75, 3.05) is 0 Å².